The number of likely N-dealkylation sites (tertiary alicyclic amines) is 1. The van der Waals surface area contributed by atoms with Gasteiger partial charge in [-0.15, -0.1) is 6.58 Å². The van der Waals surface area contributed by atoms with E-state index in [-0.39, 0.29) is 23.3 Å². The Hall–Kier alpha value is -1.36. The third-order valence-corrected chi connectivity index (χ3v) is 3.80. The second kappa shape index (κ2) is 7.59. The van der Waals surface area contributed by atoms with Gasteiger partial charge in [0.15, 0.2) is 0 Å². The van der Waals surface area contributed by atoms with Gasteiger partial charge in [0.25, 0.3) is 0 Å². The van der Waals surface area contributed by atoms with E-state index in [2.05, 4.69) is 16.8 Å². The van der Waals surface area contributed by atoms with Crippen LogP contribution >= 0.6 is 0 Å². The molecule has 0 spiro atoms. The molecule has 1 saturated heterocycles. The summed E-state index contributed by atoms with van der Waals surface area (Å²) in [6.45, 7) is 12.0. The van der Waals surface area contributed by atoms with E-state index in [1.54, 1.807) is 6.08 Å². The third-order valence-electron chi connectivity index (χ3n) is 3.80. The van der Waals surface area contributed by atoms with Crippen LogP contribution in [0.1, 0.15) is 33.6 Å². The van der Waals surface area contributed by atoms with Gasteiger partial charge in [-0.3, -0.25) is 14.5 Å². The Morgan fingerprint density at radius 1 is 1.43 bits per heavy atom. The quantitative estimate of drug-likeness (QED) is 0.777. The van der Waals surface area contributed by atoms with Gasteiger partial charge in [-0.05, 0) is 19.4 Å². The van der Waals surface area contributed by atoms with Crippen LogP contribution in [0.3, 0.4) is 0 Å². The van der Waals surface area contributed by atoms with Gasteiger partial charge in [-0.1, -0.05) is 26.8 Å². The van der Waals surface area contributed by atoms with Crippen LogP contribution in [0.4, 0.5) is 0 Å². The predicted octanol–water partition coefficient (Wildman–Crippen LogP) is 1.26. The van der Waals surface area contributed by atoms with Crippen molar-refractivity contribution in [3.05, 3.63) is 12.7 Å². The summed E-state index contributed by atoms with van der Waals surface area (Å²) in [7, 11) is 1.87. The molecule has 0 bridgehead atoms. The zero-order chi connectivity index (χ0) is 16.0. The van der Waals surface area contributed by atoms with Crippen LogP contribution < -0.4 is 5.32 Å². The van der Waals surface area contributed by atoms with Crippen LogP contribution in [0, 0.1) is 5.41 Å². The minimum atomic E-state index is -0.363. The lowest BCUT2D eigenvalue weighted by Gasteiger charge is -2.39. The summed E-state index contributed by atoms with van der Waals surface area (Å²) in [5, 5.41) is 2.79. The Kier molecular flexibility index (Phi) is 6.40. The molecule has 0 aromatic heterocycles. The van der Waals surface area contributed by atoms with E-state index in [9.17, 15) is 9.59 Å². The lowest BCUT2D eigenvalue weighted by molar-refractivity contribution is -0.141. The molecule has 2 amide bonds. The normalized spacial score (nSPS) is 19.9. The third kappa shape index (κ3) is 5.50. The highest BCUT2D eigenvalue weighted by Gasteiger charge is 2.32. The summed E-state index contributed by atoms with van der Waals surface area (Å²) in [5.41, 5.74) is -0.363. The molecule has 1 atom stereocenters. The molecule has 1 unspecified atom stereocenters. The smallest absolute Gasteiger partial charge is 0.234 e. The van der Waals surface area contributed by atoms with Gasteiger partial charge in [0, 0.05) is 31.6 Å². The van der Waals surface area contributed by atoms with Gasteiger partial charge >= 0.3 is 0 Å². The minimum Gasteiger partial charge on any atom is -0.352 e. The molecular formula is C16H29N3O2. The number of piperidine rings is 1. The zero-order valence-corrected chi connectivity index (χ0v) is 13.8. The molecule has 1 aliphatic rings. The van der Waals surface area contributed by atoms with E-state index < -0.39 is 0 Å². The number of nitrogens with one attached hydrogen (secondary N) is 1. The van der Waals surface area contributed by atoms with Crippen molar-refractivity contribution in [1.29, 1.82) is 0 Å². The SMILES string of the molecule is C=CCNC(=O)CN1CCCC(N(C)C(=O)C(C)(C)C)C1. The molecule has 1 rings (SSSR count). The molecule has 0 radical (unpaired) electrons. The monoisotopic (exact) mass is 295 g/mol. The molecule has 1 aliphatic heterocycles. The van der Waals surface area contributed by atoms with E-state index in [4.69, 9.17) is 0 Å². The lowest BCUT2D eigenvalue weighted by Crippen LogP contribution is -2.52. The van der Waals surface area contributed by atoms with Gasteiger partial charge in [0.1, 0.15) is 0 Å². The van der Waals surface area contributed by atoms with Crippen molar-refractivity contribution < 1.29 is 9.59 Å². The molecule has 0 aromatic carbocycles. The summed E-state index contributed by atoms with van der Waals surface area (Å²) in [6, 6.07) is 0.192. The molecule has 1 N–H and O–H groups in total. The van der Waals surface area contributed by atoms with Crippen molar-refractivity contribution >= 4 is 11.8 Å². The van der Waals surface area contributed by atoms with Crippen LogP contribution in [0.25, 0.3) is 0 Å². The fraction of sp³-hybridized carbons (Fsp3) is 0.750. The maximum atomic E-state index is 12.4. The van der Waals surface area contributed by atoms with Crippen LogP contribution in [0.5, 0.6) is 0 Å². The van der Waals surface area contributed by atoms with Crippen molar-refractivity contribution in [3.63, 3.8) is 0 Å². The van der Waals surface area contributed by atoms with Gasteiger partial charge in [-0.2, -0.15) is 0 Å². The zero-order valence-electron chi connectivity index (χ0n) is 13.8. The van der Waals surface area contributed by atoms with Gasteiger partial charge < -0.3 is 10.2 Å². The Labute approximate surface area is 128 Å². The second-order valence-corrected chi connectivity index (χ2v) is 6.79. The van der Waals surface area contributed by atoms with E-state index in [1.165, 1.54) is 0 Å². The molecule has 0 saturated carbocycles. The van der Waals surface area contributed by atoms with Crippen molar-refractivity contribution in [1.82, 2.24) is 15.1 Å². The van der Waals surface area contributed by atoms with E-state index >= 15 is 0 Å². The number of carbonyl (C=O) groups is 2. The summed E-state index contributed by atoms with van der Waals surface area (Å²) in [6.07, 6.45) is 3.69. The molecule has 1 heterocycles. The summed E-state index contributed by atoms with van der Waals surface area (Å²) < 4.78 is 0. The number of carbonyl (C=O) groups excluding carboxylic acids is 2. The van der Waals surface area contributed by atoms with Crippen molar-refractivity contribution in [3.8, 4) is 0 Å². The molecule has 0 aromatic rings. The predicted molar refractivity (Wildman–Crippen MR) is 84.9 cm³/mol. The Morgan fingerprint density at radius 2 is 2.10 bits per heavy atom. The molecule has 0 aliphatic carbocycles. The molecular weight excluding hydrogens is 266 g/mol. The second-order valence-electron chi connectivity index (χ2n) is 6.79. The summed E-state index contributed by atoms with van der Waals surface area (Å²) >= 11 is 0. The van der Waals surface area contributed by atoms with E-state index in [0.29, 0.717) is 13.1 Å². The first-order valence-electron chi connectivity index (χ1n) is 7.63. The van der Waals surface area contributed by atoms with Gasteiger partial charge in [0.05, 0.1) is 6.54 Å². The number of amides is 2. The number of likely N-dealkylation sites (N-methyl/N-ethyl adjacent to an activating group) is 1. The summed E-state index contributed by atoms with van der Waals surface area (Å²) in [5.74, 6) is 0.172. The first kappa shape index (κ1) is 17.7. The fourth-order valence-corrected chi connectivity index (χ4v) is 2.63. The lowest BCUT2D eigenvalue weighted by atomic mass is 9.93. The highest BCUT2D eigenvalue weighted by atomic mass is 16.2. The van der Waals surface area contributed by atoms with Crippen LogP contribution in [-0.2, 0) is 9.59 Å². The molecule has 120 valence electrons. The number of hydrogen-bond acceptors (Lipinski definition) is 3. The Morgan fingerprint density at radius 3 is 2.67 bits per heavy atom. The van der Waals surface area contributed by atoms with Crippen molar-refractivity contribution in [2.45, 2.75) is 39.7 Å². The van der Waals surface area contributed by atoms with Crippen LogP contribution in [0.15, 0.2) is 12.7 Å². The Balaban J connectivity index is 2.53. The van der Waals surface area contributed by atoms with E-state index in [1.807, 2.05) is 32.7 Å². The topological polar surface area (TPSA) is 52.7 Å². The molecule has 5 nitrogen and oxygen atoms in total. The van der Waals surface area contributed by atoms with Gasteiger partial charge in [0.2, 0.25) is 11.8 Å². The Bertz CT molecular complexity index is 387. The van der Waals surface area contributed by atoms with Gasteiger partial charge in [-0.25, -0.2) is 0 Å². The first-order chi connectivity index (χ1) is 9.75. The van der Waals surface area contributed by atoms with E-state index in [0.717, 1.165) is 25.9 Å². The van der Waals surface area contributed by atoms with Crippen LogP contribution in [-0.4, -0.2) is 60.9 Å². The van der Waals surface area contributed by atoms with Crippen LogP contribution in [0.2, 0.25) is 0 Å². The molecule has 5 heteroatoms. The number of rotatable bonds is 5. The largest absolute Gasteiger partial charge is 0.352 e. The molecule has 21 heavy (non-hydrogen) atoms. The standard InChI is InChI=1S/C16H29N3O2/c1-6-9-17-14(20)12-19-10-7-8-13(11-19)18(5)15(21)16(2,3)4/h6,13H,1,7-12H2,2-5H3,(H,17,20). The highest BCUT2D eigenvalue weighted by molar-refractivity contribution is 5.81. The minimum absolute atomic E-state index is 0.0142. The number of hydrogen-bond donors (Lipinski definition) is 1. The highest BCUT2D eigenvalue weighted by Crippen LogP contribution is 2.22. The van der Waals surface area contributed by atoms with Crippen molar-refractivity contribution in [2.75, 3.05) is 33.2 Å². The maximum absolute atomic E-state index is 12.4. The average molecular weight is 295 g/mol. The summed E-state index contributed by atoms with van der Waals surface area (Å²) in [4.78, 5) is 28.1. The molecule has 1 fully saturated rings. The fourth-order valence-electron chi connectivity index (χ4n) is 2.63. The maximum Gasteiger partial charge on any atom is 0.234 e. The average Bonchev–Trinajstić information content (AvgIpc) is 2.42. The first-order valence-corrected chi connectivity index (χ1v) is 7.63. The number of nitrogens with zero attached hydrogens (tertiary/aromatic N) is 2. The van der Waals surface area contributed by atoms with Crippen molar-refractivity contribution in [2.24, 2.45) is 5.41 Å².